The van der Waals surface area contributed by atoms with E-state index in [9.17, 15) is 20.0 Å². The van der Waals surface area contributed by atoms with E-state index in [1.54, 1.807) is 12.1 Å². The van der Waals surface area contributed by atoms with E-state index in [1.807, 2.05) is 30.3 Å². The molecule has 0 bridgehead atoms. The van der Waals surface area contributed by atoms with Gasteiger partial charge in [-0.2, -0.15) is 0 Å². The number of benzene rings is 3. The summed E-state index contributed by atoms with van der Waals surface area (Å²) in [5.41, 5.74) is -0.604. The molecule has 0 spiro atoms. The summed E-state index contributed by atoms with van der Waals surface area (Å²) in [4.78, 5) is 22.5. The highest BCUT2D eigenvalue weighted by molar-refractivity contribution is 6.31. The normalized spacial score (nSPS) is 10.5. The molecular formula is C17H10ClN2O4-. The van der Waals surface area contributed by atoms with Gasteiger partial charge in [0.15, 0.2) is 0 Å². The van der Waals surface area contributed by atoms with Crippen molar-refractivity contribution in [3.63, 3.8) is 0 Å². The molecule has 0 aliphatic rings. The number of nitro benzene ring substituents is 1. The molecule has 24 heavy (non-hydrogen) atoms. The molecule has 0 fully saturated rings. The fourth-order valence-corrected chi connectivity index (χ4v) is 2.62. The number of nitro groups is 1. The monoisotopic (exact) mass is 341 g/mol. The minimum absolute atomic E-state index is 0.0515. The second kappa shape index (κ2) is 6.17. The van der Waals surface area contributed by atoms with Crippen LogP contribution in [0.3, 0.4) is 0 Å². The smallest absolute Gasteiger partial charge is 0.264 e. The van der Waals surface area contributed by atoms with Gasteiger partial charge in [-0.25, -0.2) is 0 Å². The lowest BCUT2D eigenvalue weighted by atomic mass is 10.1. The molecule has 120 valence electrons. The zero-order chi connectivity index (χ0) is 17.3. The van der Waals surface area contributed by atoms with E-state index in [0.717, 1.165) is 22.9 Å². The van der Waals surface area contributed by atoms with Crippen molar-refractivity contribution in [1.29, 1.82) is 0 Å². The van der Waals surface area contributed by atoms with Crippen LogP contribution in [0, 0.1) is 10.1 Å². The second-order valence-corrected chi connectivity index (χ2v) is 5.48. The molecule has 1 N–H and O–H groups in total. The van der Waals surface area contributed by atoms with E-state index in [-0.39, 0.29) is 10.6 Å². The highest BCUT2D eigenvalue weighted by atomic mass is 35.5. The predicted molar refractivity (Wildman–Crippen MR) is 89.5 cm³/mol. The van der Waals surface area contributed by atoms with Gasteiger partial charge in [0.2, 0.25) is 0 Å². The molecule has 3 rings (SSSR count). The van der Waals surface area contributed by atoms with Crippen LogP contribution in [-0.4, -0.2) is 10.8 Å². The summed E-state index contributed by atoms with van der Waals surface area (Å²) < 4.78 is 0. The van der Waals surface area contributed by atoms with E-state index >= 15 is 0 Å². The number of hydrogen-bond donors (Lipinski definition) is 1. The zero-order valence-corrected chi connectivity index (χ0v) is 12.9. The summed E-state index contributed by atoms with van der Waals surface area (Å²) in [6.45, 7) is 0. The molecule has 0 aliphatic heterocycles. The number of hydrogen-bond acceptors (Lipinski definition) is 4. The Labute approximate surface area is 141 Å². The standard InChI is InChI=1S/C17H11ClN2O4/c18-11-8-13(16(21)15(9-11)20(23)24)17(22)19-14-7-3-5-10-4-1-2-6-12(10)14/h1-9,21H,(H,19,22)/p-1. The maximum atomic E-state index is 12.4. The number of carbonyl (C=O) groups excluding carboxylic acids is 1. The Balaban J connectivity index is 2.03. The van der Waals surface area contributed by atoms with Crippen LogP contribution in [0.2, 0.25) is 5.02 Å². The Hall–Kier alpha value is -3.12. The van der Waals surface area contributed by atoms with Gasteiger partial charge in [-0.05, 0) is 23.3 Å². The van der Waals surface area contributed by atoms with Crippen LogP contribution < -0.4 is 10.4 Å². The lowest BCUT2D eigenvalue weighted by molar-refractivity contribution is -0.398. The lowest BCUT2D eigenvalue weighted by Gasteiger charge is -2.15. The number of carbonyl (C=O) groups is 1. The molecule has 3 aromatic rings. The molecule has 0 radical (unpaired) electrons. The number of amides is 1. The first-order valence-corrected chi connectivity index (χ1v) is 7.29. The van der Waals surface area contributed by atoms with Crippen LogP contribution >= 0.6 is 11.6 Å². The summed E-state index contributed by atoms with van der Waals surface area (Å²) in [7, 11) is 0. The summed E-state index contributed by atoms with van der Waals surface area (Å²) in [6, 6.07) is 14.8. The number of rotatable bonds is 3. The van der Waals surface area contributed by atoms with Crippen molar-refractivity contribution in [3.8, 4) is 5.75 Å². The van der Waals surface area contributed by atoms with E-state index in [1.165, 1.54) is 0 Å². The summed E-state index contributed by atoms with van der Waals surface area (Å²) in [5.74, 6) is -1.72. The third-order valence-electron chi connectivity index (χ3n) is 3.51. The van der Waals surface area contributed by atoms with Gasteiger partial charge in [-0.3, -0.25) is 14.9 Å². The molecule has 7 heteroatoms. The third kappa shape index (κ3) is 2.87. The van der Waals surface area contributed by atoms with E-state index in [2.05, 4.69) is 5.32 Å². The van der Waals surface area contributed by atoms with Crippen molar-refractivity contribution in [1.82, 2.24) is 0 Å². The topological polar surface area (TPSA) is 95.3 Å². The molecular weight excluding hydrogens is 332 g/mol. The summed E-state index contributed by atoms with van der Waals surface area (Å²) >= 11 is 5.78. The van der Waals surface area contributed by atoms with E-state index < -0.39 is 22.3 Å². The fourth-order valence-electron chi connectivity index (χ4n) is 2.41. The van der Waals surface area contributed by atoms with Gasteiger partial charge in [0.25, 0.3) is 11.6 Å². The Morgan fingerprint density at radius 3 is 2.54 bits per heavy atom. The maximum Gasteiger partial charge on any atom is 0.264 e. The highest BCUT2D eigenvalue weighted by Gasteiger charge is 2.17. The maximum absolute atomic E-state index is 12.4. The average Bonchev–Trinajstić information content (AvgIpc) is 2.56. The van der Waals surface area contributed by atoms with Crippen LogP contribution in [0.4, 0.5) is 11.4 Å². The Morgan fingerprint density at radius 2 is 1.79 bits per heavy atom. The molecule has 3 aromatic carbocycles. The summed E-state index contributed by atoms with van der Waals surface area (Å²) in [6.07, 6.45) is 0. The van der Waals surface area contributed by atoms with E-state index in [0.29, 0.717) is 5.69 Å². The van der Waals surface area contributed by atoms with Gasteiger partial charge in [0.1, 0.15) is 0 Å². The molecule has 0 atom stereocenters. The van der Waals surface area contributed by atoms with Gasteiger partial charge in [0, 0.05) is 27.7 Å². The van der Waals surface area contributed by atoms with Gasteiger partial charge >= 0.3 is 0 Å². The van der Waals surface area contributed by atoms with Crippen molar-refractivity contribution >= 4 is 39.7 Å². The summed E-state index contributed by atoms with van der Waals surface area (Å²) in [5, 5.41) is 27.3. The Bertz CT molecular complexity index is 967. The number of nitrogens with zero attached hydrogens (tertiary/aromatic N) is 1. The van der Waals surface area contributed by atoms with Crippen molar-refractivity contribution in [2.45, 2.75) is 0 Å². The average molecular weight is 342 g/mol. The molecule has 6 nitrogen and oxygen atoms in total. The minimum atomic E-state index is -0.970. The second-order valence-electron chi connectivity index (χ2n) is 5.04. The van der Waals surface area contributed by atoms with Gasteiger partial charge in [-0.1, -0.05) is 48.0 Å². The fraction of sp³-hybridized carbons (Fsp3) is 0. The lowest BCUT2D eigenvalue weighted by Crippen LogP contribution is -2.15. The molecule has 0 saturated heterocycles. The molecule has 0 aromatic heterocycles. The van der Waals surface area contributed by atoms with Crippen LogP contribution in [0.25, 0.3) is 10.8 Å². The van der Waals surface area contributed by atoms with Gasteiger partial charge in [0.05, 0.1) is 4.92 Å². The first-order valence-electron chi connectivity index (χ1n) is 6.91. The molecule has 0 aliphatic carbocycles. The van der Waals surface area contributed by atoms with Gasteiger partial charge < -0.3 is 10.4 Å². The molecule has 0 unspecified atom stereocenters. The SMILES string of the molecule is O=C(Nc1cccc2ccccc12)c1cc(Cl)cc([N+](=O)[O-])c1[O-]. The third-order valence-corrected chi connectivity index (χ3v) is 3.73. The van der Waals surface area contributed by atoms with Crippen molar-refractivity contribution < 1.29 is 14.8 Å². The quantitative estimate of drug-likeness (QED) is 0.580. The molecule has 0 saturated carbocycles. The van der Waals surface area contributed by atoms with Crippen LogP contribution in [0.15, 0.2) is 54.6 Å². The van der Waals surface area contributed by atoms with Crippen LogP contribution in [-0.2, 0) is 0 Å². The first kappa shape index (κ1) is 15.8. The molecule has 0 heterocycles. The Kier molecular flexibility index (Phi) is 4.05. The zero-order valence-electron chi connectivity index (χ0n) is 12.2. The number of anilines is 1. The van der Waals surface area contributed by atoms with Crippen molar-refractivity contribution in [2.24, 2.45) is 0 Å². The number of halogens is 1. The number of nitrogens with one attached hydrogen (secondary N) is 1. The first-order chi connectivity index (χ1) is 11.5. The Morgan fingerprint density at radius 1 is 1.08 bits per heavy atom. The van der Waals surface area contributed by atoms with E-state index in [4.69, 9.17) is 11.6 Å². The largest absolute Gasteiger partial charge is 0.867 e. The number of fused-ring (bicyclic) bond motifs is 1. The highest BCUT2D eigenvalue weighted by Crippen LogP contribution is 2.32. The minimum Gasteiger partial charge on any atom is -0.867 e. The van der Waals surface area contributed by atoms with Gasteiger partial charge in [-0.15, -0.1) is 0 Å². The predicted octanol–water partition coefficient (Wildman–Crippen LogP) is 3.73. The van der Waals surface area contributed by atoms with Crippen molar-refractivity contribution in [2.75, 3.05) is 5.32 Å². The van der Waals surface area contributed by atoms with Crippen LogP contribution in [0.5, 0.6) is 5.75 Å². The van der Waals surface area contributed by atoms with Crippen LogP contribution in [0.1, 0.15) is 10.4 Å². The van der Waals surface area contributed by atoms with Crippen molar-refractivity contribution in [3.05, 3.63) is 75.3 Å². The molecule has 1 amide bonds.